The predicted octanol–water partition coefficient (Wildman–Crippen LogP) is 13.0. The van der Waals surface area contributed by atoms with Crippen molar-refractivity contribution in [1.82, 2.24) is 60.0 Å². The Morgan fingerprint density at radius 3 is 1.19 bits per heavy atom. The number of carbonyl (C=O) groups is 1. The Morgan fingerprint density at radius 1 is 0.405 bits per heavy atom. The molecule has 0 aliphatic rings. The molecule has 9 aromatic carbocycles. The second-order valence-electron chi connectivity index (χ2n) is 19.6. The van der Waals surface area contributed by atoms with Gasteiger partial charge in [0, 0.05) is 22.3 Å². The van der Waals surface area contributed by atoms with Crippen LogP contribution in [0.25, 0.3) is 99.5 Å². The number of hydrogen-bond acceptors (Lipinski definition) is 13. The van der Waals surface area contributed by atoms with Crippen molar-refractivity contribution in [1.29, 1.82) is 0 Å². The van der Waals surface area contributed by atoms with Gasteiger partial charge in [-0.15, -0.1) is 20.4 Å². The topological polar surface area (TPSA) is 188 Å². The molecule has 416 valence electrons. The minimum Gasteiger partial charge on any atom is -0.460 e. The average Bonchev–Trinajstić information content (AvgIpc) is 3.94. The Morgan fingerprint density at radius 2 is 0.774 bits per heavy atom. The van der Waals surface area contributed by atoms with E-state index in [1.807, 2.05) is 64.0 Å². The Kier molecular flexibility index (Phi) is 16.5. The van der Waals surface area contributed by atoms with Crippen LogP contribution in [-0.4, -0.2) is 111 Å². The summed E-state index contributed by atoms with van der Waals surface area (Å²) >= 11 is 9.18. The Bertz CT molecular complexity index is 4260. The van der Waals surface area contributed by atoms with Crippen LogP contribution in [-0.2, 0) is 27.3 Å². The van der Waals surface area contributed by atoms with Gasteiger partial charge in [0.25, 0.3) is 0 Å². The molecule has 21 heteroatoms. The molecule has 17 nitrogen and oxygen atoms in total. The number of aliphatic hydroxyl groups is 1. The van der Waals surface area contributed by atoms with E-state index in [1.165, 1.54) is 54.2 Å². The molecule has 0 saturated carbocycles. The lowest BCUT2D eigenvalue weighted by Crippen LogP contribution is -2.14. The normalized spacial score (nSPS) is 11.7. The zero-order chi connectivity index (χ0) is 57.3. The van der Waals surface area contributed by atoms with Crippen LogP contribution in [0.3, 0.4) is 0 Å². The van der Waals surface area contributed by atoms with Crippen molar-refractivity contribution < 1.29 is 24.1 Å². The highest BCUT2D eigenvalue weighted by Crippen LogP contribution is 2.36. The molecule has 13 rings (SSSR count). The van der Waals surface area contributed by atoms with Gasteiger partial charge in [-0.25, -0.2) is 23.5 Å². The number of halogens is 4. The highest BCUT2D eigenvalue weighted by Gasteiger charge is 2.24. The molecule has 0 radical (unpaired) electrons. The standard InChI is InChI=1S/C63H46I4N12O5/c64-59-55(68-72-76(59)36-53-49-19-5-1-11-38(49)29-39-12-2-6-20-50(39)53)42-15-9-17-44(31-42)57-61(66)78(74-70-57)47-33-46(63(81)84-28-27-83-26-25-82-24-23-80)34-48(35-47)79-62(67)58(71-75-79)45-18-10-16-43(32-45)56-60(65)77(73-69-56)37-54-51-21-7-3-13-40(51)30-41-14-4-8-22-52(41)54/h1-22,29-35,80H,23-28,36-37H2. The molecule has 0 atom stereocenters. The lowest BCUT2D eigenvalue weighted by atomic mass is 9.97. The van der Waals surface area contributed by atoms with E-state index < -0.39 is 5.97 Å². The van der Waals surface area contributed by atoms with Crippen LogP contribution in [0.2, 0.25) is 0 Å². The number of rotatable bonds is 19. The molecular weight excluding hydrogens is 1510 g/mol. The van der Waals surface area contributed by atoms with Crippen LogP contribution in [0, 0.1) is 14.8 Å². The highest BCUT2D eigenvalue weighted by molar-refractivity contribution is 14.1. The number of benzene rings is 9. The summed E-state index contributed by atoms with van der Waals surface area (Å²) in [6.07, 6.45) is 0. The summed E-state index contributed by atoms with van der Waals surface area (Å²) in [5, 5.41) is 56.0. The van der Waals surface area contributed by atoms with Gasteiger partial charge in [-0.2, -0.15) is 0 Å². The van der Waals surface area contributed by atoms with Crippen molar-refractivity contribution in [2.24, 2.45) is 0 Å². The van der Waals surface area contributed by atoms with Crippen LogP contribution < -0.4 is 0 Å². The molecule has 0 spiro atoms. The van der Waals surface area contributed by atoms with E-state index in [9.17, 15) is 4.79 Å². The molecule has 0 amide bonds. The van der Waals surface area contributed by atoms with Crippen LogP contribution in [0.5, 0.6) is 0 Å². The summed E-state index contributed by atoms with van der Waals surface area (Å²) in [7, 11) is 0. The summed E-state index contributed by atoms with van der Waals surface area (Å²) in [4.78, 5) is 14.0. The number of carbonyl (C=O) groups excluding carboxylic acids is 1. The Labute approximate surface area is 534 Å². The first-order valence-electron chi connectivity index (χ1n) is 26.7. The fourth-order valence-electron chi connectivity index (χ4n) is 10.5. The number of esters is 1. The van der Waals surface area contributed by atoms with Crippen molar-refractivity contribution in [2.75, 3.05) is 39.6 Å². The van der Waals surface area contributed by atoms with E-state index in [0.29, 0.717) is 49.9 Å². The molecule has 0 aliphatic heterocycles. The molecular formula is C63H46I4N12O5. The fourth-order valence-corrected chi connectivity index (χ4v) is 13.4. The number of hydrogen-bond donors (Lipinski definition) is 1. The average molecular weight is 1560 g/mol. The van der Waals surface area contributed by atoms with Gasteiger partial charge < -0.3 is 19.3 Å². The fraction of sp³-hybridized carbons (Fsp3) is 0.127. The Balaban J connectivity index is 0.797. The summed E-state index contributed by atoms with van der Waals surface area (Å²) < 4.78 is 27.1. The van der Waals surface area contributed by atoms with Gasteiger partial charge in [0.15, 0.2) is 0 Å². The molecule has 4 heterocycles. The summed E-state index contributed by atoms with van der Waals surface area (Å²) in [5.41, 5.74) is 9.85. The number of ether oxygens (including phenoxy) is 3. The quantitative estimate of drug-likeness (QED) is 0.0349. The molecule has 1 N–H and O–H groups in total. The lowest BCUT2D eigenvalue weighted by molar-refractivity contribution is 0.00919. The third kappa shape index (κ3) is 11.2. The van der Waals surface area contributed by atoms with Crippen molar-refractivity contribution in [3.05, 3.63) is 207 Å². The molecule has 0 saturated heterocycles. The molecule has 0 fully saturated rings. The number of nitrogens with zero attached hydrogens (tertiary/aromatic N) is 12. The third-order valence-electron chi connectivity index (χ3n) is 14.5. The van der Waals surface area contributed by atoms with E-state index in [4.69, 9.17) is 39.7 Å². The lowest BCUT2D eigenvalue weighted by Gasteiger charge is -2.12. The highest BCUT2D eigenvalue weighted by atomic mass is 127. The van der Waals surface area contributed by atoms with Gasteiger partial charge in [0.1, 0.15) is 44.2 Å². The number of aliphatic hydroxyl groups excluding tert-OH is 1. The minimum atomic E-state index is -0.572. The third-order valence-corrected chi connectivity index (χ3v) is 18.5. The van der Waals surface area contributed by atoms with Crippen molar-refractivity contribution in [3.8, 4) is 56.4 Å². The van der Waals surface area contributed by atoms with Gasteiger partial charge in [-0.05, 0) is 187 Å². The SMILES string of the molecule is O=C(OCCOCCOCCO)c1cc(-n2nnc(-c3cccc(-c4nnn(Cc5c6ccccc6cc6ccccc56)c4I)c3)c2I)cc(-n2nnc(-c3cccc(-c4nnn(Cc5c6ccccc6cc6ccccc56)c4I)c3)c2I)c1. The largest absolute Gasteiger partial charge is 0.460 e. The van der Waals surface area contributed by atoms with E-state index in [1.54, 1.807) is 21.5 Å². The van der Waals surface area contributed by atoms with Gasteiger partial charge >= 0.3 is 5.97 Å². The van der Waals surface area contributed by atoms with Gasteiger partial charge in [0.05, 0.1) is 63.1 Å². The number of fused-ring (bicyclic) bond motifs is 4. The van der Waals surface area contributed by atoms with E-state index in [0.717, 1.165) is 41.0 Å². The molecule has 84 heavy (non-hydrogen) atoms. The first kappa shape index (κ1) is 56.0. The summed E-state index contributed by atoms with van der Waals surface area (Å²) in [6, 6.07) is 59.7. The van der Waals surface area contributed by atoms with Crippen LogP contribution in [0.1, 0.15) is 21.5 Å². The van der Waals surface area contributed by atoms with Gasteiger partial charge in [0.2, 0.25) is 0 Å². The predicted molar refractivity (Wildman–Crippen MR) is 356 cm³/mol. The van der Waals surface area contributed by atoms with Crippen molar-refractivity contribution in [3.63, 3.8) is 0 Å². The van der Waals surface area contributed by atoms with Gasteiger partial charge in [-0.1, -0.05) is 154 Å². The Hall–Kier alpha value is -7.15. The molecule has 13 aromatic rings. The second kappa shape index (κ2) is 24.8. The van der Waals surface area contributed by atoms with Crippen LogP contribution >= 0.6 is 90.4 Å². The van der Waals surface area contributed by atoms with Crippen molar-refractivity contribution in [2.45, 2.75) is 13.1 Å². The first-order valence-corrected chi connectivity index (χ1v) is 31.0. The monoisotopic (exact) mass is 1560 g/mol. The molecule has 4 aromatic heterocycles. The van der Waals surface area contributed by atoms with Crippen LogP contribution in [0.4, 0.5) is 0 Å². The zero-order valence-electron chi connectivity index (χ0n) is 44.4. The van der Waals surface area contributed by atoms with Crippen molar-refractivity contribution >= 4 is 139 Å². The maximum absolute atomic E-state index is 14.0. The molecule has 0 unspecified atom stereocenters. The van der Waals surface area contributed by atoms with E-state index in [2.05, 4.69) is 220 Å². The first-order chi connectivity index (χ1) is 41.2. The second-order valence-corrected chi connectivity index (χ2v) is 23.7. The van der Waals surface area contributed by atoms with Crippen LogP contribution in [0.15, 0.2) is 176 Å². The maximum atomic E-state index is 14.0. The van der Waals surface area contributed by atoms with E-state index >= 15 is 0 Å². The summed E-state index contributed by atoms with van der Waals surface area (Å²) in [6.45, 7) is 1.98. The summed E-state index contributed by atoms with van der Waals surface area (Å²) in [5.74, 6) is -0.572. The van der Waals surface area contributed by atoms with Gasteiger partial charge in [-0.3, -0.25) is 0 Å². The smallest absolute Gasteiger partial charge is 0.338 e. The maximum Gasteiger partial charge on any atom is 0.338 e. The van der Waals surface area contributed by atoms with E-state index in [-0.39, 0.29) is 38.6 Å². The zero-order valence-corrected chi connectivity index (χ0v) is 53.0. The molecule has 0 bridgehead atoms. The minimum absolute atomic E-state index is 0.000626. The number of aromatic nitrogens is 12. The molecule has 0 aliphatic carbocycles.